The predicted molar refractivity (Wildman–Crippen MR) is 111 cm³/mol. The third kappa shape index (κ3) is 3.23. The number of nitrogens with one attached hydrogen (secondary N) is 2. The Morgan fingerprint density at radius 2 is 1.36 bits per heavy atom. The summed E-state index contributed by atoms with van der Waals surface area (Å²) in [6, 6.07) is 28.3. The lowest BCUT2D eigenvalue weighted by atomic mass is 9.83. The normalized spacial score (nSPS) is 15.6. The quantitative estimate of drug-likeness (QED) is 0.490. The van der Waals surface area contributed by atoms with Gasteiger partial charge in [-0.05, 0) is 23.3 Å². The molecule has 1 heterocycles. The molecule has 0 saturated heterocycles. The van der Waals surface area contributed by atoms with Gasteiger partial charge in [0.25, 0.3) is 5.91 Å². The fraction of sp³-hybridized carbons (Fsp3) is 0.0455. The van der Waals surface area contributed by atoms with E-state index in [9.17, 15) is 4.79 Å². The number of amides is 1. The number of para-hydroxylation sites is 1. The Balaban J connectivity index is 1.74. The van der Waals surface area contributed by atoms with Crippen molar-refractivity contribution >= 4 is 23.5 Å². The van der Waals surface area contributed by atoms with Gasteiger partial charge < -0.3 is 11.1 Å². The summed E-state index contributed by atoms with van der Waals surface area (Å²) in [7, 11) is 0. The zero-order valence-corrected chi connectivity index (χ0v) is 15.0. The van der Waals surface area contributed by atoms with Crippen molar-refractivity contribution in [3.63, 3.8) is 0 Å². The van der Waals surface area contributed by atoms with Crippen LogP contribution in [0, 0.1) is 0 Å². The molecular weight excluding hydrogens is 350 g/mol. The van der Waals surface area contributed by atoms with Gasteiger partial charge in [-0.25, -0.2) is 4.99 Å². The molecule has 0 atom stereocenters. The molecular formula is C22H19N5O. The Morgan fingerprint density at radius 3 is 1.89 bits per heavy atom. The monoisotopic (exact) mass is 369 g/mol. The van der Waals surface area contributed by atoms with Gasteiger partial charge in [-0.3, -0.25) is 10.1 Å². The van der Waals surface area contributed by atoms with Gasteiger partial charge in [-0.15, -0.1) is 0 Å². The van der Waals surface area contributed by atoms with Crippen LogP contribution in [0.4, 0.5) is 5.69 Å². The maximum atomic E-state index is 13.1. The van der Waals surface area contributed by atoms with E-state index in [0.29, 0.717) is 0 Å². The summed E-state index contributed by atoms with van der Waals surface area (Å²) in [5.41, 5.74) is 7.13. The van der Waals surface area contributed by atoms with Crippen LogP contribution in [0.2, 0.25) is 0 Å². The van der Waals surface area contributed by atoms with Crippen molar-refractivity contribution in [2.45, 2.75) is 5.54 Å². The van der Waals surface area contributed by atoms with Crippen LogP contribution in [0.5, 0.6) is 0 Å². The Bertz CT molecular complexity index is 991. The maximum absolute atomic E-state index is 13.1. The first-order chi connectivity index (χ1) is 13.7. The fourth-order valence-electron chi connectivity index (χ4n) is 3.21. The molecule has 4 rings (SSSR count). The second-order valence-corrected chi connectivity index (χ2v) is 6.32. The van der Waals surface area contributed by atoms with E-state index >= 15 is 0 Å². The van der Waals surface area contributed by atoms with Crippen LogP contribution >= 0.6 is 0 Å². The number of carbonyl (C=O) groups excluding carboxylic acids is 1. The van der Waals surface area contributed by atoms with Gasteiger partial charge in [0.15, 0.2) is 5.54 Å². The number of nitrogens with two attached hydrogens (primary N) is 1. The fourth-order valence-corrected chi connectivity index (χ4v) is 3.21. The molecule has 0 radical (unpaired) electrons. The number of hydrogen-bond acceptors (Lipinski definition) is 3. The highest BCUT2D eigenvalue weighted by atomic mass is 16.2. The Morgan fingerprint density at radius 1 is 0.857 bits per heavy atom. The van der Waals surface area contributed by atoms with Crippen molar-refractivity contribution in [1.29, 1.82) is 0 Å². The summed E-state index contributed by atoms with van der Waals surface area (Å²) in [5.74, 6) is 0.0389. The number of nitrogens with zero attached hydrogens (tertiary/aromatic N) is 2. The second kappa shape index (κ2) is 7.36. The first-order valence-electron chi connectivity index (χ1n) is 8.87. The summed E-state index contributed by atoms with van der Waals surface area (Å²) < 4.78 is 0. The second-order valence-electron chi connectivity index (χ2n) is 6.32. The molecule has 3 aromatic carbocycles. The molecule has 1 aliphatic heterocycles. The molecule has 1 amide bonds. The van der Waals surface area contributed by atoms with E-state index in [4.69, 9.17) is 5.73 Å². The van der Waals surface area contributed by atoms with E-state index in [1.807, 2.05) is 91.0 Å². The lowest BCUT2D eigenvalue weighted by molar-refractivity contribution is -0.122. The molecule has 4 N–H and O–H groups in total. The highest BCUT2D eigenvalue weighted by molar-refractivity contribution is 6.13. The molecule has 1 aliphatic rings. The lowest BCUT2D eigenvalue weighted by Crippen LogP contribution is -2.38. The van der Waals surface area contributed by atoms with Gasteiger partial charge in [-0.2, -0.15) is 4.99 Å². The van der Waals surface area contributed by atoms with Crippen LogP contribution in [0.3, 0.4) is 0 Å². The molecule has 0 saturated carbocycles. The van der Waals surface area contributed by atoms with Crippen LogP contribution in [0.25, 0.3) is 0 Å². The van der Waals surface area contributed by atoms with Gasteiger partial charge in [0, 0.05) is 5.69 Å². The van der Waals surface area contributed by atoms with Gasteiger partial charge in [-0.1, -0.05) is 78.9 Å². The van der Waals surface area contributed by atoms with Crippen molar-refractivity contribution in [1.82, 2.24) is 5.32 Å². The molecule has 0 aromatic heterocycles. The topological polar surface area (TPSA) is 91.9 Å². The molecule has 3 aromatic rings. The molecule has 0 bridgehead atoms. The molecule has 6 heteroatoms. The van der Waals surface area contributed by atoms with Crippen LogP contribution < -0.4 is 16.4 Å². The maximum Gasteiger partial charge on any atom is 0.264 e. The Labute approximate surface area is 162 Å². The van der Waals surface area contributed by atoms with Crippen LogP contribution in [0.15, 0.2) is 101 Å². The average Bonchev–Trinajstić information content (AvgIpc) is 3.06. The molecule has 0 unspecified atom stereocenters. The van der Waals surface area contributed by atoms with Crippen LogP contribution in [-0.4, -0.2) is 17.8 Å². The third-order valence-corrected chi connectivity index (χ3v) is 4.48. The summed E-state index contributed by atoms with van der Waals surface area (Å²) in [5, 5.41) is 5.75. The standard InChI is InChI=1S/C22H19N5O/c23-20(24-18-14-8-3-9-15-18)26-21-25-19(28)22(27-21,16-10-4-1-5-11-16)17-12-6-2-7-13-17/h1-15H,(H4,23,24,25,26,27,28). The van der Waals surface area contributed by atoms with E-state index in [2.05, 4.69) is 20.6 Å². The smallest absolute Gasteiger partial charge is 0.264 e. The number of hydrogen-bond donors (Lipinski definition) is 3. The first kappa shape index (κ1) is 17.5. The molecule has 0 aliphatic carbocycles. The summed E-state index contributed by atoms with van der Waals surface area (Å²) in [6.07, 6.45) is 0. The van der Waals surface area contributed by atoms with Crippen molar-refractivity contribution in [2.24, 2.45) is 15.7 Å². The van der Waals surface area contributed by atoms with Crippen molar-refractivity contribution in [2.75, 3.05) is 5.32 Å². The minimum atomic E-state index is -1.20. The minimum absolute atomic E-state index is 0.141. The first-order valence-corrected chi connectivity index (χ1v) is 8.87. The number of guanidine groups is 2. The van der Waals surface area contributed by atoms with Crippen LogP contribution in [0.1, 0.15) is 11.1 Å². The van der Waals surface area contributed by atoms with Crippen molar-refractivity contribution in [3.05, 3.63) is 102 Å². The van der Waals surface area contributed by atoms with Gasteiger partial charge in [0.1, 0.15) is 0 Å². The molecule has 28 heavy (non-hydrogen) atoms. The summed E-state index contributed by atoms with van der Waals surface area (Å²) in [6.45, 7) is 0. The van der Waals surface area contributed by atoms with E-state index in [1.165, 1.54) is 0 Å². The van der Waals surface area contributed by atoms with Crippen molar-refractivity contribution < 1.29 is 4.79 Å². The van der Waals surface area contributed by atoms with E-state index in [-0.39, 0.29) is 17.8 Å². The highest BCUT2D eigenvalue weighted by Crippen LogP contribution is 2.37. The number of benzene rings is 3. The molecule has 0 spiro atoms. The minimum Gasteiger partial charge on any atom is -0.369 e. The zero-order chi connectivity index (χ0) is 19.4. The summed E-state index contributed by atoms with van der Waals surface area (Å²) >= 11 is 0. The Hall–Kier alpha value is -3.93. The number of rotatable bonds is 3. The molecule has 0 fully saturated rings. The number of anilines is 1. The van der Waals surface area contributed by atoms with E-state index in [1.54, 1.807) is 0 Å². The van der Waals surface area contributed by atoms with E-state index in [0.717, 1.165) is 16.8 Å². The average molecular weight is 369 g/mol. The number of carbonyl (C=O) groups is 1. The predicted octanol–water partition coefficient (Wildman–Crippen LogP) is 2.84. The van der Waals surface area contributed by atoms with Gasteiger partial charge in [0.2, 0.25) is 11.9 Å². The molecule has 138 valence electrons. The van der Waals surface area contributed by atoms with Gasteiger partial charge >= 0.3 is 0 Å². The third-order valence-electron chi connectivity index (χ3n) is 4.48. The largest absolute Gasteiger partial charge is 0.369 e. The molecule has 6 nitrogen and oxygen atoms in total. The Kier molecular flexibility index (Phi) is 4.60. The van der Waals surface area contributed by atoms with Gasteiger partial charge in [0.05, 0.1) is 0 Å². The number of aliphatic imine (C=N–C) groups is 2. The SMILES string of the molecule is N/C(=N\C1=NC(c2ccccc2)(c2ccccc2)C(=O)N1)Nc1ccccc1. The summed E-state index contributed by atoms with van der Waals surface area (Å²) in [4.78, 5) is 22.0. The van der Waals surface area contributed by atoms with Crippen molar-refractivity contribution in [3.8, 4) is 0 Å². The highest BCUT2D eigenvalue weighted by Gasteiger charge is 2.47. The van der Waals surface area contributed by atoms with Crippen LogP contribution in [-0.2, 0) is 10.3 Å². The zero-order valence-electron chi connectivity index (χ0n) is 15.0. The van der Waals surface area contributed by atoms with E-state index < -0.39 is 5.54 Å². The lowest BCUT2D eigenvalue weighted by Gasteiger charge is -2.24.